The highest BCUT2D eigenvalue weighted by Crippen LogP contribution is 2.28. The number of aryl methyl sites for hydroxylation is 1. The molecule has 2 aromatic rings. The van der Waals surface area contributed by atoms with E-state index in [1.807, 2.05) is 31.2 Å². The fourth-order valence-electron chi connectivity index (χ4n) is 1.89. The van der Waals surface area contributed by atoms with Crippen LogP contribution in [-0.2, 0) is 11.4 Å². The van der Waals surface area contributed by atoms with Gasteiger partial charge >= 0.3 is 5.97 Å². The van der Waals surface area contributed by atoms with E-state index >= 15 is 0 Å². The van der Waals surface area contributed by atoms with Crippen LogP contribution in [-0.4, -0.2) is 11.1 Å². The lowest BCUT2D eigenvalue weighted by Gasteiger charge is -2.12. The zero-order valence-corrected chi connectivity index (χ0v) is 12.3. The van der Waals surface area contributed by atoms with Crippen LogP contribution < -0.4 is 4.74 Å². The average Bonchev–Trinajstić information content (AvgIpc) is 2.45. The smallest absolute Gasteiger partial charge is 0.328 e. The third-order valence-corrected chi connectivity index (χ3v) is 3.38. The van der Waals surface area contributed by atoms with Crippen LogP contribution in [0.3, 0.4) is 0 Å². The second-order valence-corrected chi connectivity index (χ2v) is 4.95. The van der Waals surface area contributed by atoms with E-state index in [1.54, 1.807) is 18.2 Å². The van der Waals surface area contributed by atoms with Crippen molar-refractivity contribution in [1.29, 1.82) is 0 Å². The minimum absolute atomic E-state index is 0.404. The Morgan fingerprint density at radius 1 is 1.24 bits per heavy atom. The standard InChI is InChI=1S/C17H15ClO3/c1-12-5-2-3-6-13(12)11-21-16-8-4-7-15(18)14(16)9-10-17(19)20/h2-10H,11H2,1H3,(H,19,20)/b10-9+. The summed E-state index contributed by atoms with van der Waals surface area (Å²) in [5, 5.41) is 9.18. The minimum atomic E-state index is -1.03. The van der Waals surface area contributed by atoms with Crippen LogP contribution in [0.4, 0.5) is 0 Å². The first-order valence-electron chi connectivity index (χ1n) is 6.45. The molecule has 0 aromatic heterocycles. The molecule has 0 spiro atoms. The van der Waals surface area contributed by atoms with Gasteiger partial charge in [-0.3, -0.25) is 0 Å². The molecule has 0 aliphatic heterocycles. The molecule has 4 heteroatoms. The maximum atomic E-state index is 10.6. The van der Waals surface area contributed by atoms with Crippen LogP contribution in [0.1, 0.15) is 16.7 Å². The molecule has 0 unspecified atom stereocenters. The second-order valence-electron chi connectivity index (χ2n) is 4.54. The van der Waals surface area contributed by atoms with Crippen LogP contribution in [0.2, 0.25) is 5.02 Å². The Kier molecular flexibility index (Phi) is 5.01. The number of hydrogen-bond acceptors (Lipinski definition) is 2. The monoisotopic (exact) mass is 302 g/mol. The van der Waals surface area contributed by atoms with Gasteiger partial charge in [0.2, 0.25) is 0 Å². The number of ether oxygens (including phenoxy) is 1. The number of halogens is 1. The molecule has 0 aliphatic rings. The number of carboxylic acid groups (broad SMARTS) is 1. The van der Waals surface area contributed by atoms with E-state index in [0.717, 1.165) is 17.2 Å². The first kappa shape index (κ1) is 15.1. The molecule has 0 amide bonds. The molecule has 1 N–H and O–H groups in total. The van der Waals surface area contributed by atoms with E-state index in [0.29, 0.717) is 22.9 Å². The summed E-state index contributed by atoms with van der Waals surface area (Å²) in [6.07, 6.45) is 2.49. The van der Waals surface area contributed by atoms with Gasteiger partial charge in [0.1, 0.15) is 12.4 Å². The SMILES string of the molecule is Cc1ccccc1COc1cccc(Cl)c1/C=C/C(=O)O. The molecular weight excluding hydrogens is 288 g/mol. The molecule has 0 aliphatic carbocycles. The second kappa shape index (κ2) is 6.95. The van der Waals surface area contributed by atoms with Crippen molar-refractivity contribution in [3.8, 4) is 5.75 Å². The maximum Gasteiger partial charge on any atom is 0.328 e. The van der Waals surface area contributed by atoms with Crippen LogP contribution >= 0.6 is 11.6 Å². The van der Waals surface area contributed by atoms with Gasteiger partial charge in [-0.25, -0.2) is 4.79 Å². The normalized spacial score (nSPS) is 10.8. The molecule has 0 fully saturated rings. The average molecular weight is 303 g/mol. The molecule has 0 radical (unpaired) electrons. The fourth-order valence-corrected chi connectivity index (χ4v) is 2.12. The Morgan fingerprint density at radius 2 is 2.00 bits per heavy atom. The summed E-state index contributed by atoms with van der Waals surface area (Å²) in [5.41, 5.74) is 2.78. The largest absolute Gasteiger partial charge is 0.488 e. The summed E-state index contributed by atoms with van der Waals surface area (Å²) in [5.74, 6) is -0.469. The zero-order chi connectivity index (χ0) is 15.2. The van der Waals surface area contributed by atoms with Crippen molar-refractivity contribution in [2.24, 2.45) is 0 Å². The number of aliphatic carboxylic acids is 1. The van der Waals surface area contributed by atoms with Gasteiger partial charge < -0.3 is 9.84 Å². The van der Waals surface area contributed by atoms with Gasteiger partial charge in [-0.15, -0.1) is 0 Å². The maximum absolute atomic E-state index is 10.6. The van der Waals surface area contributed by atoms with E-state index < -0.39 is 5.97 Å². The lowest BCUT2D eigenvalue weighted by atomic mass is 10.1. The zero-order valence-electron chi connectivity index (χ0n) is 11.5. The number of hydrogen-bond donors (Lipinski definition) is 1. The third-order valence-electron chi connectivity index (χ3n) is 3.05. The van der Waals surface area contributed by atoms with Crippen molar-refractivity contribution >= 4 is 23.6 Å². The van der Waals surface area contributed by atoms with Gasteiger partial charge in [-0.2, -0.15) is 0 Å². The Labute approximate surface area is 128 Å². The summed E-state index contributed by atoms with van der Waals surface area (Å²) in [4.78, 5) is 10.6. The predicted octanol–water partition coefficient (Wildman–Crippen LogP) is 4.33. The molecule has 21 heavy (non-hydrogen) atoms. The Balaban J connectivity index is 2.22. The highest BCUT2D eigenvalue weighted by atomic mass is 35.5. The lowest BCUT2D eigenvalue weighted by Crippen LogP contribution is -1.99. The van der Waals surface area contributed by atoms with E-state index in [2.05, 4.69) is 0 Å². The summed E-state index contributed by atoms with van der Waals surface area (Å²) >= 11 is 6.10. The molecule has 108 valence electrons. The van der Waals surface area contributed by atoms with Gasteiger partial charge in [0.25, 0.3) is 0 Å². The van der Waals surface area contributed by atoms with Gasteiger partial charge in [0.15, 0.2) is 0 Å². The van der Waals surface area contributed by atoms with Crippen molar-refractivity contribution in [2.75, 3.05) is 0 Å². The minimum Gasteiger partial charge on any atom is -0.488 e. The highest BCUT2D eigenvalue weighted by molar-refractivity contribution is 6.32. The van der Waals surface area contributed by atoms with Gasteiger partial charge in [-0.1, -0.05) is 41.9 Å². The van der Waals surface area contributed by atoms with Crippen molar-refractivity contribution in [3.05, 3.63) is 70.3 Å². The Morgan fingerprint density at radius 3 is 2.71 bits per heavy atom. The number of carboxylic acids is 1. The first-order valence-corrected chi connectivity index (χ1v) is 6.82. The van der Waals surface area contributed by atoms with Crippen LogP contribution in [0.15, 0.2) is 48.5 Å². The van der Waals surface area contributed by atoms with Gasteiger partial charge in [0.05, 0.1) is 5.02 Å². The van der Waals surface area contributed by atoms with Crippen LogP contribution in [0.5, 0.6) is 5.75 Å². The third kappa shape index (κ3) is 4.10. The Bertz CT molecular complexity index is 677. The molecule has 2 rings (SSSR count). The molecule has 0 saturated carbocycles. The van der Waals surface area contributed by atoms with E-state index in [-0.39, 0.29) is 0 Å². The number of benzene rings is 2. The summed E-state index contributed by atoms with van der Waals surface area (Å²) < 4.78 is 5.79. The van der Waals surface area contributed by atoms with E-state index in [4.69, 9.17) is 21.4 Å². The number of carbonyl (C=O) groups is 1. The Hall–Kier alpha value is -2.26. The molecule has 0 saturated heterocycles. The van der Waals surface area contributed by atoms with Gasteiger partial charge in [0, 0.05) is 11.6 Å². The summed E-state index contributed by atoms with van der Waals surface area (Å²) in [6, 6.07) is 13.2. The molecule has 0 heterocycles. The molecular formula is C17H15ClO3. The van der Waals surface area contributed by atoms with Crippen molar-refractivity contribution in [2.45, 2.75) is 13.5 Å². The predicted molar refractivity (Wildman–Crippen MR) is 83.6 cm³/mol. The van der Waals surface area contributed by atoms with E-state index in [1.165, 1.54) is 6.08 Å². The quantitative estimate of drug-likeness (QED) is 0.836. The number of rotatable bonds is 5. The molecule has 0 atom stereocenters. The summed E-state index contributed by atoms with van der Waals surface area (Å²) in [7, 11) is 0. The van der Waals surface area contributed by atoms with Crippen LogP contribution in [0.25, 0.3) is 6.08 Å². The van der Waals surface area contributed by atoms with Crippen molar-refractivity contribution < 1.29 is 14.6 Å². The lowest BCUT2D eigenvalue weighted by molar-refractivity contribution is -0.131. The van der Waals surface area contributed by atoms with Crippen molar-refractivity contribution in [3.63, 3.8) is 0 Å². The molecule has 3 nitrogen and oxygen atoms in total. The van der Waals surface area contributed by atoms with E-state index in [9.17, 15) is 4.79 Å². The topological polar surface area (TPSA) is 46.5 Å². The molecule has 2 aromatic carbocycles. The molecule has 0 bridgehead atoms. The summed E-state index contributed by atoms with van der Waals surface area (Å²) in [6.45, 7) is 2.42. The highest BCUT2D eigenvalue weighted by Gasteiger charge is 2.07. The first-order chi connectivity index (χ1) is 10.1. The van der Waals surface area contributed by atoms with Crippen LogP contribution in [0, 0.1) is 6.92 Å². The van der Waals surface area contributed by atoms with Crippen molar-refractivity contribution in [1.82, 2.24) is 0 Å². The van der Waals surface area contributed by atoms with Gasteiger partial charge in [-0.05, 0) is 36.3 Å². The fraction of sp³-hybridized carbons (Fsp3) is 0.118.